The van der Waals surface area contributed by atoms with Crippen LogP contribution in [-0.4, -0.2) is 47.7 Å². The standard InChI is InChI=1S/C16H21NO4/c1-17(11-5-8-12-6-3-2-4-7-12)15(18)13-9-10-14(21-13)16(19)20/h2-4,6-7,13-14H,5,8-11H2,1H3,(H,19,20)/t13-,14+/m0/s1. The van der Waals surface area contributed by atoms with Crippen LogP contribution >= 0.6 is 0 Å². The average molecular weight is 291 g/mol. The molecular formula is C16H21NO4. The largest absolute Gasteiger partial charge is 0.479 e. The Labute approximate surface area is 124 Å². The summed E-state index contributed by atoms with van der Waals surface area (Å²) in [6, 6.07) is 10.1. The summed E-state index contributed by atoms with van der Waals surface area (Å²) in [5.74, 6) is -1.11. The number of nitrogens with zero attached hydrogens (tertiary/aromatic N) is 1. The molecule has 1 aromatic carbocycles. The van der Waals surface area contributed by atoms with Crippen LogP contribution in [0.2, 0.25) is 0 Å². The van der Waals surface area contributed by atoms with Gasteiger partial charge in [0.15, 0.2) is 6.10 Å². The second-order valence-electron chi connectivity index (χ2n) is 5.38. The van der Waals surface area contributed by atoms with Crippen molar-refractivity contribution in [3.8, 4) is 0 Å². The summed E-state index contributed by atoms with van der Waals surface area (Å²) >= 11 is 0. The number of amides is 1. The van der Waals surface area contributed by atoms with Crippen molar-refractivity contribution >= 4 is 11.9 Å². The van der Waals surface area contributed by atoms with Gasteiger partial charge in [0.1, 0.15) is 6.10 Å². The van der Waals surface area contributed by atoms with Gasteiger partial charge in [0.05, 0.1) is 0 Å². The van der Waals surface area contributed by atoms with Gasteiger partial charge < -0.3 is 14.7 Å². The fraction of sp³-hybridized carbons (Fsp3) is 0.500. The topological polar surface area (TPSA) is 66.8 Å². The molecule has 0 saturated carbocycles. The summed E-state index contributed by atoms with van der Waals surface area (Å²) in [5, 5.41) is 8.87. The van der Waals surface area contributed by atoms with Crippen molar-refractivity contribution in [2.45, 2.75) is 37.9 Å². The molecule has 0 spiro atoms. The molecule has 1 fully saturated rings. The van der Waals surface area contributed by atoms with Crippen molar-refractivity contribution < 1.29 is 19.4 Å². The van der Waals surface area contributed by atoms with E-state index < -0.39 is 18.2 Å². The molecule has 114 valence electrons. The van der Waals surface area contributed by atoms with E-state index in [0.717, 1.165) is 12.8 Å². The first-order valence-corrected chi connectivity index (χ1v) is 7.25. The summed E-state index contributed by atoms with van der Waals surface area (Å²) < 4.78 is 5.28. The molecule has 1 heterocycles. The number of carbonyl (C=O) groups excluding carboxylic acids is 1. The maximum absolute atomic E-state index is 12.2. The zero-order chi connectivity index (χ0) is 15.2. The molecule has 0 bridgehead atoms. The Kier molecular flexibility index (Phi) is 5.33. The quantitative estimate of drug-likeness (QED) is 0.866. The minimum atomic E-state index is -0.989. The van der Waals surface area contributed by atoms with Gasteiger partial charge in [-0.1, -0.05) is 30.3 Å². The smallest absolute Gasteiger partial charge is 0.332 e. The maximum atomic E-state index is 12.2. The van der Waals surface area contributed by atoms with Gasteiger partial charge in [0.2, 0.25) is 0 Å². The number of carboxylic acids is 1. The number of benzene rings is 1. The van der Waals surface area contributed by atoms with Gasteiger partial charge in [0.25, 0.3) is 5.91 Å². The van der Waals surface area contributed by atoms with E-state index in [1.807, 2.05) is 18.2 Å². The molecule has 5 nitrogen and oxygen atoms in total. The fourth-order valence-corrected chi connectivity index (χ4v) is 2.52. The summed E-state index contributed by atoms with van der Waals surface area (Å²) in [7, 11) is 1.74. The predicted octanol–water partition coefficient (Wildman–Crippen LogP) is 1.71. The van der Waals surface area contributed by atoms with E-state index >= 15 is 0 Å². The molecule has 0 aromatic heterocycles. The summed E-state index contributed by atoms with van der Waals surface area (Å²) in [6.45, 7) is 0.644. The molecule has 1 aromatic rings. The second kappa shape index (κ2) is 7.22. The number of hydrogen-bond donors (Lipinski definition) is 1. The number of aliphatic carboxylic acids is 1. The van der Waals surface area contributed by atoms with Gasteiger partial charge in [-0.2, -0.15) is 0 Å². The lowest BCUT2D eigenvalue weighted by Crippen LogP contribution is -2.37. The van der Waals surface area contributed by atoms with E-state index in [9.17, 15) is 9.59 Å². The second-order valence-corrected chi connectivity index (χ2v) is 5.38. The Bertz CT molecular complexity index is 488. The highest BCUT2D eigenvalue weighted by atomic mass is 16.5. The van der Waals surface area contributed by atoms with Crippen LogP contribution in [0.1, 0.15) is 24.8 Å². The minimum Gasteiger partial charge on any atom is -0.479 e. The third-order valence-electron chi connectivity index (χ3n) is 3.75. The highest BCUT2D eigenvalue weighted by molar-refractivity contribution is 5.82. The number of aryl methyl sites for hydroxylation is 1. The zero-order valence-electron chi connectivity index (χ0n) is 12.2. The summed E-state index contributed by atoms with van der Waals surface area (Å²) in [4.78, 5) is 24.6. The van der Waals surface area contributed by atoms with Gasteiger partial charge >= 0.3 is 5.97 Å². The predicted molar refractivity (Wildman–Crippen MR) is 77.9 cm³/mol. The lowest BCUT2D eigenvalue weighted by atomic mass is 10.1. The molecule has 0 radical (unpaired) electrons. The van der Waals surface area contributed by atoms with Gasteiger partial charge in [-0.3, -0.25) is 4.79 Å². The third kappa shape index (κ3) is 4.29. The number of ether oxygens (including phenoxy) is 1. The van der Waals surface area contributed by atoms with Crippen molar-refractivity contribution in [2.75, 3.05) is 13.6 Å². The van der Waals surface area contributed by atoms with E-state index in [1.54, 1.807) is 11.9 Å². The molecular weight excluding hydrogens is 270 g/mol. The Morgan fingerprint density at radius 3 is 2.52 bits per heavy atom. The Morgan fingerprint density at radius 1 is 1.24 bits per heavy atom. The van der Waals surface area contributed by atoms with E-state index in [2.05, 4.69) is 12.1 Å². The number of carbonyl (C=O) groups is 2. The van der Waals surface area contributed by atoms with Crippen LogP contribution in [0.15, 0.2) is 30.3 Å². The SMILES string of the molecule is CN(CCCc1ccccc1)C(=O)[C@@H]1CC[C@H](C(=O)O)O1. The molecule has 1 aliphatic rings. The van der Waals surface area contributed by atoms with Gasteiger partial charge in [-0.15, -0.1) is 0 Å². The van der Waals surface area contributed by atoms with Crippen LogP contribution in [0.25, 0.3) is 0 Å². The van der Waals surface area contributed by atoms with Crippen LogP contribution in [-0.2, 0) is 20.7 Å². The molecule has 0 unspecified atom stereocenters. The number of rotatable bonds is 6. The molecule has 1 aliphatic heterocycles. The van der Waals surface area contributed by atoms with Gasteiger partial charge in [-0.05, 0) is 31.2 Å². The maximum Gasteiger partial charge on any atom is 0.332 e. The summed E-state index contributed by atoms with van der Waals surface area (Å²) in [5.41, 5.74) is 1.25. The lowest BCUT2D eigenvalue weighted by Gasteiger charge is -2.21. The van der Waals surface area contributed by atoms with Crippen LogP contribution < -0.4 is 0 Å². The minimum absolute atomic E-state index is 0.119. The lowest BCUT2D eigenvalue weighted by molar-refractivity contribution is -0.154. The molecule has 2 rings (SSSR count). The molecule has 5 heteroatoms. The van der Waals surface area contributed by atoms with Crippen molar-refractivity contribution in [3.05, 3.63) is 35.9 Å². The first kappa shape index (κ1) is 15.5. The van der Waals surface area contributed by atoms with Crippen molar-refractivity contribution in [3.63, 3.8) is 0 Å². The molecule has 1 amide bonds. The number of carboxylic acid groups (broad SMARTS) is 1. The van der Waals surface area contributed by atoms with Crippen LogP contribution in [0.4, 0.5) is 0 Å². The Hall–Kier alpha value is -1.88. The fourth-order valence-electron chi connectivity index (χ4n) is 2.52. The average Bonchev–Trinajstić information content (AvgIpc) is 2.97. The normalized spacial score (nSPS) is 21.2. The number of likely N-dealkylation sites (N-methyl/N-ethyl adjacent to an activating group) is 1. The third-order valence-corrected chi connectivity index (χ3v) is 3.75. The molecule has 0 aliphatic carbocycles. The van der Waals surface area contributed by atoms with E-state index in [-0.39, 0.29) is 5.91 Å². The highest BCUT2D eigenvalue weighted by Crippen LogP contribution is 2.21. The number of hydrogen-bond acceptors (Lipinski definition) is 3. The van der Waals surface area contributed by atoms with Gasteiger partial charge in [-0.25, -0.2) is 4.79 Å². The van der Waals surface area contributed by atoms with Crippen molar-refractivity contribution in [1.29, 1.82) is 0 Å². The molecule has 1 saturated heterocycles. The van der Waals surface area contributed by atoms with Crippen LogP contribution in [0.3, 0.4) is 0 Å². The van der Waals surface area contributed by atoms with Crippen molar-refractivity contribution in [1.82, 2.24) is 4.90 Å². The monoisotopic (exact) mass is 291 g/mol. The van der Waals surface area contributed by atoms with Gasteiger partial charge in [0, 0.05) is 13.6 Å². The first-order chi connectivity index (χ1) is 10.1. The Morgan fingerprint density at radius 2 is 1.90 bits per heavy atom. The van der Waals surface area contributed by atoms with E-state index in [1.165, 1.54) is 5.56 Å². The van der Waals surface area contributed by atoms with Crippen LogP contribution in [0.5, 0.6) is 0 Å². The van der Waals surface area contributed by atoms with E-state index in [0.29, 0.717) is 19.4 Å². The Balaban J connectivity index is 1.74. The zero-order valence-corrected chi connectivity index (χ0v) is 12.2. The summed E-state index contributed by atoms with van der Waals surface area (Å²) in [6.07, 6.45) is 1.25. The highest BCUT2D eigenvalue weighted by Gasteiger charge is 2.35. The molecule has 1 N–H and O–H groups in total. The molecule has 21 heavy (non-hydrogen) atoms. The van der Waals surface area contributed by atoms with Crippen LogP contribution in [0, 0.1) is 0 Å². The molecule has 2 atom stereocenters. The van der Waals surface area contributed by atoms with E-state index in [4.69, 9.17) is 9.84 Å². The van der Waals surface area contributed by atoms with Crippen molar-refractivity contribution in [2.24, 2.45) is 0 Å². The first-order valence-electron chi connectivity index (χ1n) is 7.25.